The first-order chi connectivity index (χ1) is 20.3. The normalized spacial score (nSPS) is 14.2. The molecule has 2 heterocycles. The van der Waals surface area contributed by atoms with E-state index in [1.165, 1.54) is 0 Å². The molecular formula is C34H34N2O6. The fourth-order valence-electron chi connectivity index (χ4n) is 5.15. The van der Waals surface area contributed by atoms with Gasteiger partial charge in [0, 0.05) is 22.6 Å². The standard InChI is InChI=1S/C34H34N2O6/c1-5-7-8-15-39-28-14-10-22(17-30(28)38-6-2)31-24-12-11-23(18-29(24)42-33(36)26(31)19-35)40-34(37)32-21(4)25-16-20(3)9-13-27(25)41-32/h9-14,16-18,31H,5-8,15,36H2,1-4H3. The van der Waals surface area contributed by atoms with E-state index >= 15 is 0 Å². The molecule has 216 valence electrons. The maximum Gasteiger partial charge on any atom is 0.379 e. The number of hydrogen-bond donors (Lipinski definition) is 1. The second-order valence-corrected chi connectivity index (χ2v) is 10.3. The molecule has 42 heavy (non-hydrogen) atoms. The smallest absolute Gasteiger partial charge is 0.379 e. The summed E-state index contributed by atoms with van der Waals surface area (Å²) in [6.45, 7) is 8.92. The van der Waals surface area contributed by atoms with Crippen LogP contribution in [0.3, 0.4) is 0 Å². The minimum Gasteiger partial charge on any atom is -0.490 e. The van der Waals surface area contributed by atoms with E-state index in [-0.39, 0.29) is 23.0 Å². The number of aryl methyl sites for hydroxylation is 2. The van der Waals surface area contributed by atoms with Crippen LogP contribution in [0.5, 0.6) is 23.0 Å². The summed E-state index contributed by atoms with van der Waals surface area (Å²) in [6, 6.07) is 18.6. The quantitative estimate of drug-likeness (QED) is 0.119. The van der Waals surface area contributed by atoms with Crippen LogP contribution in [0, 0.1) is 25.2 Å². The van der Waals surface area contributed by atoms with Crippen molar-refractivity contribution in [2.45, 2.75) is 52.9 Å². The lowest BCUT2D eigenvalue weighted by Gasteiger charge is -2.27. The Labute approximate surface area is 245 Å². The molecular weight excluding hydrogens is 532 g/mol. The average molecular weight is 567 g/mol. The zero-order chi connectivity index (χ0) is 29.8. The first-order valence-corrected chi connectivity index (χ1v) is 14.2. The summed E-state index contributed by atoms with van der Waals surface area (Å²) in [5, 5.41) is 10.9. The zero-order valence-electron chi connectivity index (χ0n) is 24.3. The monoisotopic (exact) mass is 566 g/mol. The van der Waals surface area contributed by atoms with Gasteiger partial charge in [0.05, 0.1) is 19.1 Å². The van der Waals surface area contributed by atoms with Crippen molar-refractivity contribution < 1.29 is 28.2 Å². The molecule has 0 saturated carbocycles. The van der Waals surface area contributed by atoms with Crippen molar-refractivity contribution in [2.24, 2.45) is 5.73 Å². The van der Waals surface area contributed by atoms with Crippen LogP contribution in [0.4, 0.5) is 0 Å². The summed E-state index contributed by atoms with van der Waals surface area (Å²) >= 11 is 0. The number of nitrogens with zero attached hydrogens (tertiary/aromatic N) is 1. The Morgan fingerprint density at radius 2 is 1.83 bits per heavy atom. The first-order valence-electron chi connectivity index (χ1n) is 14.2. The molecule has 5 rings (SSSR count). The molecule has 4 aromatic rings. The molecule has 1 aliphatic heterocycles. The topological polar surface area (TPSA) is 117 Å². The SMILES string of the molecule is CCCCCOc1ccc(C2C(C#N)=C(N)Oc3cc(OC(=O)c4oc5ccc(C)cc5c4C)ccc32)cc1OCC. The number of allylic oxidation sites excluding steroid dienone is 1. The molecule has 1 aliphatic rings. The number of carbonyl (C=O) groups is 1. The van der Waals surface area contributed by atoms with Gasteiger partial charge in [-0.3, -0.25) is 0 Å². The molecule has 2 N–H and O–H groups in total. The Balaban J connectivity index is 1.45. The van der Waals surface area contributed by atoms with Crippen molar-refractivity contribution in [3.63, 3.8) is 0 Å². The fourth-order valence-corrected chi connectivity index (χ4v) is 5.15. The third-order valence-electron chi connectivity index (χ3n) is 7.28. The minimum absolute atomic E-state index is 0.0140. The van der Waals surface area contributed by atoms with Crippen LogP contribution in [-0.4, -0.2) is 19.2 Å². The molecule has 3 aromatic carbocycles. The number of benzene rings is 3. The van der Waals surface area contributed by atoms with E-state index < -0.39 is 11.9 Å². The van der Waals surface area contributed by atoms with E-state index in [1.54, 1.807) is 18.2 Å². The molecule has 1 aromatic heterocycles. The van der Waals surface area contributed by atoms with Gasteiger partial charge in [-0.1, -0.05) is 43.5 Å². The average Bonchev–Trinajstić information content (AvgIpc) is 3.30. The first kappa shape index (κ1) is 28.6. The molecule has 0 amide bonds. The highest BCUT2D eigenvalue weighted by Gasteiger charge is 2.32. The summed E-state index contributed by atoms with van der Waals surface area (Å²) < 4.78 is 29.2. The Kier molecular flexibility index (Phi) is 8.39. The number of carbonyl (C=O) groups excluding carboxylic acids is 1. The third-order valence-corrected chi connectivity index (χ3v) is 7.28. The van der Waals surface area contributed by atoms with Gasteiger partial charge in [-0.15, -0.1) is 0 Å². The molecule has 0 spiro atoms. The number of hydrogen-bond acceptors (Lipinski definition) is 8. The maximum absolute atomic E-state index is 13.1. The van der Waals surface area contributed by atoms with E-state index in [0.29, 0.717) is 47.2 Å². The van der Waals surface area contributed by atoms with Gasteiger partial charge in [0.15, 0.2) is 11.5 Å². The Hall–Kier alpha value is -4.90. The predicted octanol–water partition coefficient (Wildman–Crippen LogP) is 7.45. The van der Waals surface area contributed by atoms with Crippen molar-refractivity contribution in [1.82, 2.24) is 0 Å². The van der Waals surface area contributed by atoms with Gasteiger partial charge >= 0.3 is 5.97 Å². The van der Waals surface area contributed by atoms with Gasteiger partial charge < -0.3 is 29.1 Å². The van der Waals surface area contributed by atoms with E-state index in [2.05, 4.69) is 13.0 Å². The Bertz CT molecular complexity index is 1710. The number of nitrogens with two attached hydrogens (primary N) is 1. The lowest BCUT2D eigenvalue weighted by molar-refractivity contribution is 0.0702. The lowest BCUT2D eigenvalue weighted by atomic mass is 9.83. The number of fused-ring (bicyclic) bond motifs is 2. The molecule has 0 fully saturated rings. The van der Waals surface area contributed by atoms with Crippen molar-refractivity contribution in [1.29, 1.82) is 5.26 Å². The van der Waals surface area contributed by atoms with Crippen LogP contribution in [0.25, 0.3) is 11.0 Å². The second-order valence-electron chi connectivity index (χ2n) is 10.3. The molecule has 8 nitrogen and oxygen atoms in total. The molecule has 0 aliphatic carbocycles. The van der Waals surface area contributed by atoms with E-state index in [9.17, 15) is 10.1 Å². The molecule has 0 bridgehead atoms. The largest absolute Gasteiger partial charge is 0.490 e. The van der Waals surface area contributed by atoms with Gasteiger partial charge in [0.1, 0.15) is 28.7 Å². The van der Waals surface area contributed by atoms with Crippen molar-refractivity contribution in [2.75, 3.05) is 13.2 Å². The molecule has 0 saturated heterocycles. The van der Waals surface area contributed by atoms with Crippen molar-refractivity contribution in [3.05, 3.63) is 94.1 Å². The van der Waals surface area contributed by atoms with Crippen LogP contribution >= 0.6 is 0 Å². The second kappa shape index (κ2) is 12.3. The minimum atomic E-state index is -0.620. The highest BCUT2D eigenvalue weighted by Crippen LogP contribution is 2.45. The molecule has 8 heteroatoms. The molecule has 1 atom stereocenters. The zero-order valence-corrected chi connectivity index (χ0v) is 24.3. The number of esters is 1. The predicted molar refractivity (Wildman–Crippen MR) is 159 cm³/mol. The van der Waals surface area contributed by atoms with E-state index in [4.69, 9.17) is 29.1 Å². The molecule has 0 radical (unpaired) electrons. The summed E-state index contributed by atoms with van der Waals surface area (Å²) in [4.78, 5) is 13.1. The fraction of sp³-hybridized carbons (Fsp3) is 0.294. The summed E-state index contributed by atoms with van der Waals surface area (Å²) in [5.74, 6) is 0.876. The number of rotatable bonds is 10. The summed E-state index contributed by atoms with van der Waals surface area (Å²) in [7, 11) is 0. The number of furan rings is 1. The van der Waals surface area contributed by atoms with Gasteiger partial charge in [0.2, 0.25) is 11.6 Å². The van der Waals surface area contributed by atoms with Gasteiger partial charge in [-0.05, 0) is 63.1 Å². The van der Waals surface area contributed by atoms with Crippen LogP contribution in [0.15, 0.2) is 70.5 Å². The highest BCUT2D eigenvalue weighted by molar-refractivity contribution is 5.97. The number of nitriles is 1. The summed E-state index contributed by atoms with van der Waals surface area (Å²) in [5.41, 5.74) is 10.4. The van der Waals surface area contributed by atoms with Crippen LogP contribution in [-0.2, 0) is 0 Å². The highest BCUT2D eigenvalue weighted by atomic mass is 16.5. The van der Waals surface area contributed by atoms with E-state index in [0.717, 1.165) is 35.8 Å². The molecule has 1 unspecified atom stereocenters. The van der Waals surface area contributed by atoms with Crippen molar-refractivity contribution in [3.8, 4) is 29.1 Å². The van der Waals surface area contributed by atoms with Gasteiger partial charge in [-0.2, -0.15) is 5.26 Å². The number of ether oxygens (including phenoxy) is 4. The Morgan fingerprint density at radius 3 is 2.60 bits per heavy atom. The number of unbranched alkanes of at least 4 members (excludes halogenated alkanes) is 2. The summed E-state index contributed by atoms with van der Waals surface area (Å²) in [6.07, 6.45) is 3.15. The van der Waals surface area contributed by atoms with Gasteiger partial charge in [0.25, 0.3) is 0 Å². The van der Waals surface area contributed by atoms with E-state index in [1.807, 2.05) is 57.2 Å². The van der Waals surface area contributed by atoms with Crippen LogP contribution < -0.4 is 24.7 Å². The van der Waals surface area contributed by atoms with Crippen LogP contribution in [0.2, 0.25) is 0 Å². The van der Waals surface area contributed by atoms with Gasteiger partial charge in [-0.25, -0.2) is 4.79 Å². The maximum atomic E-state index is 13.1. The van der Waals surface area contributed by atoms with Crippen molar-refractivity contribution >= 4 is 16.9 Å². The van der Waals surface area contributed by atoms with Crippen LogP contribution in [0.1, 0.15) is 71.8 Å². The Morgan fingerprint density at radius 1 is 1.00 bits per heavy atom. The lowest BCUT2D eigenvalue weighted by Crippen LogP contribution is -2.21. The third kappa shape index (κ3) is 5.64.